The van der Waals surface area contributed by atoms with Crippen molar-refractivity contribution in [3.8, 4) is 0 Å². The first-order valence-electron chi connectivity index (χ1n) is 5.00. The molecule has 0 amide bonds. The first-order valence-corrected chi connectivity index (χ1v) is 7.17. The van der Waals surface area contributed by atoms with E-state index in [1.165, 1.54) is 43.2 Å². The summed E-state index contributed by atoms with van der Waals surface area (Å²) < 4.78 is 0. The van der Waals surface area contributed by atoms with Gasteiger partial charge in [-0.15, -0.1) is 0 Å². The fraction of sp³-hybridized carbons (Fsp3) is 1.00. The van der Waals surface area contributed by atoms with E-state index in [0.717, 1.165) is 11.2 Å². The van der Waals surface area contributed by atoms with Gasteiger partial charge in [0.25, 0.3) is 0 Å². The number of rotatable bonds is 4. The first-order chi connectivity index (χ1) is 5.83. The molecule has 1 aliphatic rings. The largest absolute Gasteiger partial charge is 0.159 e. The van der Waals surface area contributed by atoms with E-state index < -0.39 is 0 Å². The molecular weight excluding hydrogens is 232 g/mol. The van der Waals surface area contributed by atoms with Crippen LogP contribution in [0.3, 0.4) is 0 Å². The highest BCUT2D eigenvalue weighted by Gasteiger charge is 2.18. The Morgan fingerprint density at radius 1 is 1.42 bits per heavy atom. The van der Waals surface area contributed by atoms with Crippen molar-refractivity contribution in [2.75, 3.05) is 11.1 Å². The molecule has 72 valence electrons. The minimum absolute atomic E-state index is 0.979. The molecule has 1 aliphatic carbocycles. The van der Waals surface area contributed by atoms with Crippen LogP contribution in [0, 0.1) is 5.92 Å². The van der Waals surface area contributed by atoms with Gasteiger partial charge in [0, 0.05) is 10.6 Å². The highest BCUT2D eigenvalue weighted by Crippen LogP contribution is 2.32. The van der Waals surface area contributed by atoms with E-state index in [4.69, 9.17) is 0 Å². The van der Waals surface area contributed by atoms with Gasteiger partial charge in [0.2, 0.25) is 0 Å². The highest BCUT2D eigenvalue weighted by molar-refractivity contribution is 9.09. The quantitative estimate of drug-likeness (QED) is 0.536. The Hall–Kier alpha value is 0.830. The molecule has 2 heteroatoms. The summed E-state index contributed by atoms with van der Waals surface area (Å²) in [7, 11) is 0. The van der Waals surface area contributed by atoms with E-state index in [0.29, 0.717) is 0 Å². The molecule has 2 unspecified atom stereocenters. The van der Waals surface area contributed by atoms with Gasteiger partial charge >= 0.3 is 0 Å². The fourth-order valence-electron chi connectivity index (χ4n) is 1.83. The zero-order chi connectivity index (χ0) is 8.81. The molecule has 0 aromatic heterocycles. The molecule has 0 nitrogen and oxygen atoms in total. The van der Waals surface area contributed by atoms with Crippen molar-refractivity contribution in [3.05, 3.63) is 0 Å². The van der Waals surface area contributed by atoms with E-state index in [-0.39, 0.29) is 0 Å². The number of thioether (sulfide) groups is 1. The van der Waals surface area contributed by atoms with Crippen LogP contribution in [-0.4, -0.2) is 16.3 Å². The predicted octanol–water partition coefficient (Wildman–Crippen LogP) is 4.08. The van der Waals surface area contributed by atoms with Crippen LogP contribution < -0.4 is 0 Å². The summed E-state index contributed by atoms with van der Waals surface area (Å²) in [6.45, 7) is 2.40. The molecule has 0 aromatic rings. The van der Waals surface area contributed by atoms with Crippen LogP contribution >= 0.6 is 27.7 Å². The lowest BCUT2D eigenvalue weighted by Gasteiger charge is -2.26. The zero-order valence-electron chi connectivity index (χ0n) is 7.89. The van der Waals surface area contributed by atoms with E-state index in [9.17, 15) is 0 Å². The minimum atomic E-state index is 0.979. The molecule has 2 atom stereocenters. The normalized spacial score (nSPS) is 30.5. The van der Waals surface area contributed by atoms with Gasteiger partial charge in [-0.25, -0.2) is 0 Å². The third kappa shape index (κ3) is 4.18. The van der Waals surface area contributed by atoms with Crippen molar-refractivity contribution in [1.82, 2.24) is 0 Å². The molecule has 1 fully saturated rings. The molecule has 1 rings (SSSR count). The standard InChI is InChI=1S/C10H19BrS/c1-9-4-2-5-10(8-9)12-7-3-6-11/h9-10H,2-8H2,1H3. The van der Waals surface area contributed by atoms with E-state index in [2.05, 4.69) is 34.6 Å². The third-order valence-electron chi connectivity index (χ3n) is 2.52. The molecular formula is C10H19BrS. The van der Waals surface area contributed by atoms with Gasteiger partial charge < -0.3 is 0 Å². The maximum Gasteiger partial charge on any atom is 0.00495 e. The smallest absolute Gasteiger partial charge is 0.00495 e. The molecule has 0 aliphatic heterocycles. The highest BCUT2D eigenvalue weighted by atomic mass is 79.9. The van der Waals surface area contributed by atoms with Crippen molar-refractivity contribution in [3.63, 3.8) is 0 Å². The van der Waals surface area contributed by atoms with Gasteiger partial charge in [0.05, 0.1) is 0 Å². The Labute approximate surface area is 89.0 Å². The van der Waals surface area contributed by atoms with Crippen molar-refractivity contribution in [2.45, 2.75) is 44.3 Å². The van der Waals surface area contributed by atoms with Crippen molar-refractivity contribution < 1.29 is 0 Å². The minimum Gasteiger partial charge on any atom is -0.159 e. The molecule has 0 aromatic carbocycles. The molecule has 1 saturated carbocycles. The van der Waals surface area contributed by atoms with E-state index >= 15 is 0 Å². The lowest BCUT2D eigenvalue weighted by Crippen LogP contribution is -2.15. The Bertz CT molecular complexity index is 116. The van der Waals surface area contributed by atoms with Crippen LogP contribution in [0.15, 0.2) is 0 Å². The summed E-state index contributed by atoms with van der Waals surface area (Å²) in [5, 5.41) is 2.15. The fourth-order valence-corrected chi connectivity index (χ4v) is 3.93. The molecule has 0 radical (unpaired) electrons. The van der Waals surface area contributed by atoms with Gasteiger partial charge in [-0.2, -0.15) is 11.8 Å². The number of hydrogen-bond acceptors (Lipinski definition) is 1. The summed E-state index contributed by atoms with van der Waals surface area (Å²) in [5.74, 6) is 2.34. The molecule has 0 N–H and O–H groups in total. The summed E-state index contributed by atoms with van der Waals surface area (Å²) >= 11 is 5.67. The van der Waals surface area contributed by atoms with Gasteiger partial charge in [0.1, 0.15) is 0 Å². The molecule has 12 heavy (non-hydrogen) atoms. The van der Waals surface area contributed by atoms with Crippen LogP contribution in [-0.2, 0) is 0 Å². The summed E-state index contributed by atoms with van der Waals surface area (Å²) in [4.78, 5) is 0. The average Bonchev–Trinajstić information content (AvgIpc) is 2.05. The van der Waals surface area contributed by atoms with Crippen LogP contribution in [0.1, 0.15) is 39.0 Å². The van der Waals surface area contributed by atoms with Crippen molar-refractivity contribution >= 4 is 27.7 Å². The van der Waals surface area contributed by atoms with Gasteiger partial charge in [-0.05, 0) is 30.9 Å². The van der Waals surface area contributed by atoms with Gasteiger partial charge in [-0.1, -0.05) is 35.7 Å². The van der Waals surface area contributed by atoms with Crippen LogP contribution in [0.2, 0.25) is 0 Å². The Kier molecular flexibility index (Phi) is 5.73. The molecule has 0 heterocycles. The number of halogens is 1. The summed E-state index contributed by atoms with van der Waals surface area (Å²) in [6, 6.07) is 0. The van der Waals surface area contributed by atoms with E-state index in [1.807, 2.05) is 0 Å². The maximum absolute atomic E-state index is 3.47. The Morgan fingerprint density at radius 2 is 2.25 bits per heavy atom. The summed E-state index contributed by atoms with van der Waals surface area (Å²) in [5.41, 5.74) is 0. The van der Waals surface area contributed by atoms with Crippen molar-refractivity contribution in [1.29, 1.82) is 0 Å². The predicted molar refractivity (Wildman–Crippen MR) is 62.3 cm³/mol. The SMILES string of the molecule is CC1CCCC(SCCCBr)C1. The Balaban J connectivity index is 2.06. The second kappa shape index (κ2) is 6.31. The maximum atomic E-state index is 3.47. The number of hydrogen-bond donors (Lipinski definition) is 0. The zero-order valence-corrected chi connectivity index (χ0v) is 10.3. The van der Waals surface area contributed by atoms with Gasteiger partial charge in [0.15, 0.2) is 0 Å². The molecule has 0 bridgehead atoms. The first kappa shape index (κ1) is 10.9. The van der Waals surface area contributed by atoms with Crippen LogP contribution in [0.25, 0.3) is 0 Å². The topological polar surface area (TPSA) is 0 Å². The summed E-state index contributed by atoms with van der Waals surface area (Å²) in [6.07, 6.45) is 7.20. The van der Waals surface area contributed by atoms with Crippen LogP contribution in [0.4, 0.5) is 0 Å². The second-order valence-corrected chi connectivity index (χ2v) is 6.01. The number of alkyl halides is 1. The van der Waals surface area contributed by atoms with Crippen LogP contribution in [0.5, 0.6) is 0 Å². The Morgan fingerprint density at radius 3 is 2.92 bits per heavy atom. The molecule has 0 saturated heterocycles. The van der Waals surface area contributed by atoms with Gasteiger partial charge in [-0.3, -0.25) is 0 Å². The monoisotopic (exact) mass is 250 g/mol. The molecule has 0 spiro atoms. The lowest BCUT2D eigenvalue weighted by atomic mass is 9.91. The average molecular weight is 251 g/mol. The van der Waals surface area contributed by atoms with Crippen molar-refractivity contribution in [2.24, 2.45) is 5.92 Å². The lowest BCUT2D eigenvalue weighted by molar-refractivity contribution is 0.394. The van der Waals surface area contributed by atoms with E-state index in [1.54, 1.807) is 0 Å². The third-order valence-corrected chi connectivity index (χ3v) is 4.50. The second-order valence-electron chi connectivity index (χ2n) is 3.81.